The number of methoxy groups -OCH3 is 2. The Kier molecular flexibility index (Phi) is 10.9. The van der Waals surface area contributed by atoms with E-state index in [0.29, 0.717) is 42.1 Å². The minimum Gasteiger partial charge on any atom is -0.493 e. The van der Waals surface area contributed by atoms with Crippen molar-refractivity contribution in [2.45, 2.75) is 65.2 Å². The molecule has 2 heterocycles. The highest BCUT2D eigenvalue weighted by atomic mass is 19.1. The molecule has 1 N–H and O–H groups in total. The van der Waals surface area contributed by atoms with E-state index < -0.39 is 17.8 Å². The fourth-order valence-electron chi connectivity index (χ4n) is 5.19. The van der Waals surface area contributed by atoms with E-state index in [9.17, 15) is 19.2 Å². The molecule has 2 aliphatic rings. The number of benzene rings is 2. The zero-order valence-corrected chi connectivity index (χ0v) is 25.1. The Bertz CT molecular complexity index is 1410. The number of amides is 2. The van der Waals surface area contributed by atoms with Gasteiger partial charge in [-0.05, 0) is 41.8 Å². The molecule has 0 saturated carbocycles. The molecular weight excluding hydrogens is 579 g/mol. The van der Waals surface area contributed by atoms with Crippen molar-refractivity contribution in [3.05, 3.63) is 46.3 Å². The molecule has 12 nitrogen and oxygen atoms in total. The van der Waals surface area contributed by atoms with E-state index in [1.807, 2.05) is 12.1 Å². The van der Waals surface area contributed by atoms with Gasteiger partial charge in [0.25, 0.3) is 0 Å². The van der Waals surface area contributed by atoms with Crippen LogP contribution in [0.3, 0.4) is 0 Å². The van der Waals surface area contributed by atoms with Crippen LogP contribution in [0.5, 0.6) is 23.0 Å². The van der Waals surface area contributed by atoms with Gasteiger partial charge in [0.05, 0.1) is 46.9 Å². The highest BCUT2D eigenvalue weighted by Gasteiger charge is 2.30. The molecule has 0 atom stereocenters. The smallest absolute Gasteiger partial charge is 0.306 e. The average Bonchev–Trinajstić information content (AvgIpc) is 3.62. The van der Waals surface area contributed by atoms with Crippen molar-refractivity contribution in [3.63, 3.8) is 0 Å². The van der Waals surface area contributed by atoms with Crippen LogP contribution in [0.2, 0.25) is 0 Å². The molecule has 13 heteroatoms. The topological polar surface area (TPSA) is 141 Å². The third-order valence-corrected chi connectivity index (χ3v) is 7.41. The average molecular weight is 617 g/mol. The molecule has 4 rings (SSSR count). The molecule has 0 spiro atoms. The number of nitrogens with zero attached hydrogens (tertiary/aromatic N) is 2. The Hall–Kier alpha value is -4.55. The number of carboxylic acid groups (broad SMARTS) is 1. The van der Waals surface area contributed by atoms with E-state index in [-0.39, 0.29) is 81.9 Å². The SMILES string of the molecule is CCOC(=O)CCC(=O)N1Cc2cc(OC)c(OCCCOc3cc4c(c(F)c3OC)CN(C(=O)CCC(=O)O)C4)cc2C1. The molecule has 44 heavy (non-hydrogen) atoms. The fraction of sp³-hybridized carbons (Fsp3) is 0.484. The second-order valence-electron chi connectivity index (χ2n) is 10.4. The monoisotopic (exact) mass is 616 g/mol. The van der Waals surface area contributed by atoms with Gasteiger partial charge in [-0.1, -0.05) is 0 Å². The lowest BCUT2D eigenvalue weighted by molar-refractivity contribution is -0.145. The second kappa shape index (κ2) is 14.8. The van der Waals surface area contributed by atoms with Crippen molar-refractivity contribution in [2.75, 3.05) is 34.0 Å². The van der Waals surface area contributed by atoms with Crippen molar-refractivity contribution < 1.29 is 52.4 Å². The number of halogens is 1. The van der Waals surface area contributed by atoms with E-state index in [0.717, 1.165) is 11.1 Å². The molecule has 0 saturated heterocycles. The summed E-state index contributed by atoms with van der Waals surface area (Å²) >= 11 is 0. The number of esters is 1. The summed E-state index contributed by atoms with van der Waals surface area (Å²) in [5.74, 6) is -1.40. The number of aliphatic carboxylic acids is 1. The van der Waals surface area contributed by atoms with Crippen LogP contribution in [0.25, 0.3) is 0 Å². The number of carboxylic acids is 1. The molecule has 0 aromatic heterocycles. The predicted octanol–water partition coefficient (Wildman–Crippen LogP) is 3.58. The van der Waals surface area contributed by atoms with Gasteiger partial charge in [0, 0.05) is 51.0 Å². The minimum absolute atomic E-state index is 0.0340. The Labute approximate surface area is 254 Å². The van der Waals surface area contributed by atoms with Gasteiger partial charge in [-0.25, -0.2) is 4.39 Å². The zero-order chi connectivity index (χ0) is 31.8. The standard InChI is InChI=1S/C31H37FN2O10/c1-4-42-29(39)9-7-27(36)33-15-19-12-23(40-2)24(13-20(19)16-33)43-10-5-11-44-25-14-21-17-34(26(35)6-8-28(37)38)18-22(21)30(32)31(25)41-3/h12-14H,4-11,15-18H2,1-3H3,(H,37,38). The van der Waals surface area contributed by atoms with Crippen LogP contribution >= 0.6 is 0 Å². The molecular formula is C31H37FN2O10. The molecule has 238 valence electrons. The molecule has 2 amide bonds. The Balaban J connectivity index is 1.30. The first-order valence-electron chi connectivity index (χ1n) is 14.4. The number of rotatable bonds is 15. The maximum absolute atomic E-state index is 15.2. The molecule has 0 bridgehead atoms. The highest BCUT2D eigenvalue weighted by Crippen LogP contribution is 2.39. The Morgan fingerprint density at radius 3 is 1.95 bits per heavy atom. The normalized spacial score (nSPS) is 13.3. The van der Waals surface area contributed by atoms with Gasteiger partial charge >= 0.3 is 11.9 Å². The number of ether oxygens (including phenoxy) is 5. The molecule has 2 aliphatic heterocycles. The zero-order valence-electron chi connectivity index (χ0n) is 25.1. The van der Waals surface area contributed by atoms with Crippen molar-refractivity contribution in [1.82, 2.24) is 9.80 Å². The van der Waals surface area contributed by atoms with Gasteiger partial charge in [-0.3, -0.25) is 19.2 Å². The summed E-state index contributed by atoms with van der Waals surface area (Å²) in [6.07, 6.45) is 0.113. The first-order chi connectivity index (χ1) is 21.1. The molecule has 0 fully saturated rings. The van der Waals surface area contributed by atoms with Crippen LogP contribution in [0.15, 0.2) is 18.2 Å². The van der Waals surface area contributed by atoms with Crippen LogP contribution in [-0.2, 0) is 50.1 Å². The van der Waals surface area contributed by atoms with Crippen LogP contribution in [-0.4, -0.2) is 72.7 Å². The van der Waals surface area contributed by atoms with Crippen molar-refractivity contribution >= 4 is 23.8 Å². The first-order valence-corrected chi connectivity index (χ1v) is 14.4. The summed E-state index contributed by atoms with van der Waals surface area (Å²) in [5.41, 5.74) is 2.77. The summed E-state index contributed by atoms with van der Waals surface area (Å²) in [5, 5.41) is 8.84. The summed E-state index contributed by atoms with van der Waals surface area (Å²) in [6.45, 7) is 3.44. The van der Waals surface area contributed by atoms with Crippen molar-refractivity contribution in [2.24, 2.45) is 0 Å². The van der Waals surface area contributed by atoms with Crippen LogP contribution < -0.4 is 18.9 Å². The molecule has 0 aliphatic carbocycles. The Morgan fingerprint density at radius 1 is 0.773 bits per heavy atom. The predicted molar refractivity (Wildman–Crippen MR) is 153 cm³/mol. The quantitative estimate of drug-likeness (QED) is 0.233. The first kappa shape index (κ1) is 32.4. The maximum Gasteiger partial charge on any atom is 0.306 e. The fourth-order valence-corrected chi connectivity index (χ4v) is 5.19. The largest absolute Gasteiger partial charge is 0.493 e. The van der Waals surface area contributed by atoms with E-state index in [1.54, 1.807) is 17.9 Å². The van der Waals surface area contributed by atoms with Gasteiger partial charge in [0.1, 0.15) is 0 Å². The minimum atomic E-state index is -1.07. The number of carbonyl (C=O) groups is 4. The van der Waals surface area contributed by atoms with Gasteiger partial charge in [-0.15, -0.1) is 0 Å². The summed E-state index contributed by atoms with van der Waals surface area (Å²) in [4.78, 5) is 50.5. The lowest BCUT2D eigenvalue weighted by Crippen LogP contribution is -2.25. The maximum atomic E-state index is 15.2. The van der Waals surface area contributed by atoms with E-state index in [1.165, 1.54) is 19.1 Å². The van der Waals surface area contributed by atoms with Gasteiger partial charge in [-0.2, -0.15) is 0 Å². The lowest BCUT2D eigenvalue weighted by Gasteiger charge is -2.15. The number of fused-ring (bicyclic) bond motifs is 2. The number of carbonyl (C=O) groups excluding carboxylic acids is 3. The third kappa shape index (κ3) is 7.69. The lowest BCUT2D eigenvalue weighted by atomic mass is 10.1. The molecule has 2 aromatic rings. The number of hydrogen-bond acceptors (Lipinski definition) is 9. The van der Waals surface area contributed by atoms with Crippen LogP contribution in [0, 0.1) is 5.82 Å². The number of hydrogen-bond donors (Lipinski definition) is 1. The van der Waals surface area contributed by atoms with E-state index in [2.05, 4.69) is 0 Å². The van der Waals surface area contributed by atoms with Crippen molar-refractivity contribution in [1.29, 1.82) is 0 Å². The highest BCUT2D eigenvalue weighted by molar-refractivity contribution is 5.82. The second-order valence-corrected chi connectivity index (χ2v) is 10.4. The van der Waals surface area contributed by atoms with Gasteiger partial charge < -0.3 is 38.6 Å². The van der Waals surface area contributed by atoms with Crippen molar-refractivity contribution in [3.8, 4) is 23.0 Å². The summed E-state index contributed by atoms with van der Waals surface area (Å²) in [7, 11) is 2.87. The van der Waals surface area contributed by atoms with Crippen LogP contribution in [0.4, 0.5) is 4.39 Å². The molecule has 0 unspecified atom stereocenters. The van der Waals surface area contributed by atoms with Gasteiger partial charge in [0.2, 0.25) is 11.8 Å². The van der Waals surface area contributed by atoms with E-state index in [4.69, 9.17) is 28.8 Å². The van der Waals surface area contributed by atoms with Crippen LogP contribution in [0.1, 0.15) is 61.3 Å². The summed E-state index contributed by atoms with van der Waals surface area (Å²) in [6, 6.07) is 5.33. The Morgan fingerprint density at radius 2 is 1.34 bits per heavy atom. The summed E-state index contributed by atoms with van der Waals surface area (Å²) < 4.78 is 42.7. The molecule has 2 aromatic carbocycles. The van der Waals surface area contributed by atoms with E-state index >= 15 is 4.39 Å². The molecule has 0 radical (unpaired) electrons. The third-order valence-electron chi connectivity index (χ3n) is 7.41. The van der Waals surface area contributed by atoms with Gasteiger partial charge in [0.15, 0.2) is 28.8 Å².